The van der Waals surface area contributed by atoms with Gasteiger partial charge in [-0.05, 0) is 42.5 Å². The van der Waals surface area contributed by atoms with Gasteiger partial charge in [0.05, 0.1) is 12.0 Å². The van der Waals surface area contributed by atoms with Crippen molar-refractivity contribution in [1.82, 2.24) is 19.5 Å². The molecule has 0 unspecified atom stereocenters. The van der Waals surface area contributed by atoms with Crippen LogP contribution in [0, 0.1) is 5.82 Å². The van der Waals surface area contributed by atoms with E-state index in [0.29, 0.717) is 31.9 Å². The zero-order valence-corrected chi connectivity index (χ0v) is 15.5. The van der Waals surface area contributed by atoms with Crippen molar-refractivity contribution in [2.75, 3.05) is 31.1 Å². The Labute approximate surface area is 166 Å². The molecule has 1 saturated heterocycles. The van der Waals surface area contributed by atoms with Crippen LogP contribution in [0.5, 0.6) is 0 Å². The summed E-state index contributed by atoms with van der Waals surface area (Å²) in [5.74, 6) is 0.808. The van der Waals surface area contributed by atoms with Crippen LogP contribution in [0.15, 0.2) is 65.5 Å². The van der Waals surface area contributed by atoms with E-state index >= 15 is 0 Å². The maximum Gasteiger partial charge on any atom is 0.289 e. The molecule has 146 valence electrons. The lowest BCUT2D eigenvalue weighted by Gasteiger charge is -2.35. The van der Waals surface area contributed by atoms with Gasteiger partial charge in [-0.15, -0.1) is 0 Å². The molecule has 1 aliphatic heterocycles. The second-order valence-electron chi connectivity index (χ2n) is 6.87. The number of nitrogens with zero attached hydrogens (tertiary/aromatic N) is 5. The first-order valence-electron chi connectivity index (χ1n) is 9.37. The molecular formula is C21H18FN5O2. The highest BCUT2D eigenvalue weighted by Gasteiger charge is 2.25. The van der Waals surface area contributed by atoms with Gasteiger partial charge in [0.25, 0.3) is 5.91 Å². The number of piperazine rings is 1. The average Bonchev–Trinajstić information content (AvgIpc) is 3.44. The maximum atomic E-state index is 13.2. The molecule has 5 rings (SSSR count). The van der Waals surface area contributed by atoms with Gasteiger partial charge in [-0.2, -0.15) is 5.10 Å². The van der Waals surface area contributed by atoms with E-state index < -0.39 is 0 Å². The molecule has 4 aromatic rings. The second kappa shape index (κ2) is 7.05. The van der Waals surface area contributed by atoms with E-state index in [0.717, 1.165) is 22.6 Å². The van der Waals surface area contributed by atoms with Crippen molar-refractivity contribution >= 4 is 17.2 Å². The Kier molecular flexibility index (Phi) is 4.23. The highest BCUT2D eigenvalue weighted by atomic mass is 19.1. The summed E-state index contributed by atoms with van der Waals surface area (Å²) in [5.41, 5.74) is 2.47. The van der Waals surface area contributed by atoms with Crippen LogP contribution in [0.3, 0.4) is 0 Å². The molecule has 8 heteroatoms. The van der Waals surface area contributed by atoms with E-state index in [1.165, 1.54) is 18.4 Å². The Morgan fingerprint density at radius 2 is 1.86 bits per heavy atom. The zero-order valence-electron chi connectivity index (χ0n) is 15.5. The number of hydrogen-bond donors (Lipinski definition) is 0. The Bertz CT molecular complexity index is 1150. The van der Waals surface area contributed by atoms with Crippen molar-refractivity contribution < 1.29 is 13.6 Å². The highest BCUT2D eigenvalue weighted by molar-refractivity contribution is 5.91. The number of carbonyl (C=O) groups excluding carboxylic acids is 1. The number of benzene rings is 1. The van der Waals surface area contributed by atoms with Crippen LogP contribution in [0.4, 0.5) is 10.2 Å². The zero-order chi connectivity index (χ0) is 19.8. The number of furan rings is 1. The van der Waals surface area contributed by atoms with E-state index in [9.17, 15) is 9.18 Å². The molecule has 1 amide bonds. The molecule has 1 aromatic carbocycles. The van der Waals surface area contributed by atoms with Gasteiger partial charge >= 0.3 is 0 Å². The third-order valence-electron chi connectivity index (χ3n) is 5.11. The average molecular weight is 391 g/mol. The van der Waals surface area contributed by atoms with Gasteiger partial charge in [-0.25, -0.2) is 13.9 Å². The predicted molar refractivity (Wildman–Crippen MR) is 105 cm³/mol. The standard InChI is InChI=1S/C21H18FN5O2/c22-16-5-3-15(4-6-16)17-14-18-20(23-7-8-27(18)24-17)25-9-11-26(12-10-25)21(28)19-2-1-13-29-19/h1-8,13-14H,9-12H2. The van der Waals surface area contributed by atoms with Gasteiger partial charge in [0.1, 0.15) is 11.3 Å². The first kappa shape index (κ1) is 17.4. The van der Waals surface area contributed by atoms with E-state index in [-0.39, 0.29) is 11.7 Å². The van der Waals surface area contributed by atoms with E-state index in [1.54, 1.807) is 46.1 Å². The SMILES string of the molecule is O=C(c1ccco1)N1CCN(c2nccn3nc(-c4ccc(F)cc4)cc23)CC1. The first-order chi connectivity index (χ1) is 14.2. The third-order valence-corrected chi connectivity index (χ3v) is 5.11. The molecule has 0 bridgehead atoms. The summed E-state index contributed by atoms with van der Waals surface area (Å²) >= 11 is 0. The largest absolute Gasteiger partial charge is 0.459 e. The molecule has 0 saturated carbocycles. The molecule has 0 N–H and O–H groups in total. The summed E-state index contributed by atoms with van der Waals surface area (Å²) in [6.07, 6.45) is 5.01. The van der Waals surface area contributed by atoms with Crippen molar-refractivity contribution in [3.05, 3.63) is 72.7 Å². The van der Waals surface area contributed by atoms with E-state index in [1.807, 2.05) is 6.07 Å². The summed E-state index contributed by atoms with van der Waals surface area (Å²) in [5, 5.41) is 4.60. The molecule has 7 nitrogen and oxygen atoms in total. The van der Waals surface area contributed by atoms with Gasteiger partial charge in [-0.3, -0.25) is 4.79 Å². The molecule has 4 heterocycles. The van der Waals surface area contributed by atoms with E-state index in [4.69, 9.17) is 4.42 Å². The lowest BCUT2D eigenvalue weighted by atomic mass is 10.1. The number of fused-ring (bicyclic) bond motifs is 1. The van der Waals surface area contributed by atoms with Crippen LogP contribution in [0.25, 0.3) is 16.8 Å². The number of rotatable bonds is 3. The highest BCUT2D eigenvalue weighted by Crippen LogP contribution is 2.26. The van der Waals surface area contributed by atoms with Gasteiger partial charge in [0.15, 0.2) is 11.6 Å². The monoisotopic (exact) mass is 391 g/mol. The number of hydrogen-bond acceptors (Lipinski definition) is 5. The van der Waals surface area contributed by atoms with Crippen molar-refractivity contribution in [2.45, 2.75) is 0 Å². The van der Waals surface area contributed by atoms with Crippen LogP contribution < -0.4 is 4.90 Å². The molecule has 0 spiro atoms. The molecule has 3 aromatic heterocycles. The predicted octanol–water partition coefficient (Wildman–Crippen LogP) is 3.09. The first-order valence-corrected chi connectivity index (χ1v) is 9.37. The number of anilines is 1. The topological polar surface area (TPSA) is 66.9 Å². The second-order valence-corrected chi connectivity index (χ2v) is 6.87. The summed E-state index contributed by atoms with van der Waals surface area (Å²) < 4.78 is 20.2. The lowest BCUT2D eigenvalue weighted by Crippen LogP contribution is -2.49. The summed E-state index contributed by atoms with van der Waals surface area (Å²) in [7, 11) is 0. The smallest absolute Gasteiger partial charge is 0.289 e. The summed E-state index contributed by atoms with van der Waals surface area (Å²) in [6.45, 7) is 2.49. The van der Waals surface area contributed by atoms with Crippen LogP contribution in [0.2, 0.25) is 0 Å². The number of amides is 1. The Morgan fingerprint density at radius 3 is 2.59 bits per heavy atom. The fourth-order valence-corrected chi connectivity index (χ4v) is 3.59. The van der Waals surface area contributed by atoms with Crippen LogP contribution >= 0.6 is 0 Å². The summed E-state index contributed by atoms with van der Waals surface area (Å²) in [6, 6.07) is 11.6. The fraction of sp³-hybridized carbons (Fsp3) is 0.190. The minimum absolute atomic E-state index is 0.0937. The van der Waals surface area contributed by atoms with Gasteiger partial charge < -0.3 is 14.2 Å². The van der Waals surface area contributed by atoms with Gasteiger partial charge in [0, 0.05) is 44.1 Å². The normalized spacial score (nSPS) is 14.5. The Morgan fingerprint density at radius 1 is 1.07 bits per heavy atom. The third kappa shape index (κ3) is 3.22. The molecular weight excluding hydrogens is 373 g/mol. The lowest BCUT2D eigenvalue weighted by molar-refractivity contribution is 0.0714. The van der Waals surface area contributed by atoms with Crippen molar-refractivity contribution in [1.29, 1.82) is 0 Å². The number of halogens is 1. The Balaban J connectivity index is 1.38. The number of carbonyl (C=O) groups is 1. The molecule has 0 radical (unpaired) electrons. The van der Waals surface area contributed by atoms with Crippen molar-refractivity contribution in [3.8, 4) is 11.3 Å². The molecule has 0 aliphatic carbocycles. The molecule has 1 aliphatic rings. The number of aromatic nitrogens is 3. The van der Waals surface area contributed by atoms with Crippen LogP contribution in [-0.4, -0.2) is 51.6 Å². The van der Waals surface area contributed by atoms with Gasteiger partial charge in [0.2, 0.25) is 0 Å². The molecule has 29 heavy (non-hydrogen) atoms. The van der Waals surface area contributed by atoms with E-state index in [2.05, 4.69) is 15.0 Å². The minimum Gasteiger partial charge on any atom is -0.459 e. The molecule has 1 fully saturated rings. The fourth-order valence-electron chi connectivity index (χ4n) is 3.59. The van der Waals surface area contributed by atoms with Crippen LogP contribution in [-0.2, 0) is 0 Å². The minimum atomic E-state index is -0.276. The molecule has 0 atom stereocenters. The Hall–Kier alpha value is -3.68. The van der Waals surface area contributed by atoms with Crippen molar-refractivity contribution in [3.63, 3.8) is 0 Å². The summed E-state index contributed by atoms with van der Waals surface area (Å²) in [4.78, 5) is 21.0. The van der Waals surface area contributed by atoms with Crippen LogP contribution in [0.1, 0.15) is 10.6 Å². The quantitative estimate of drug-likeness (QED) is 0.537. The van der Waals surface area contributed by atoms with Gasteiger partial charge in [-0.1, -0.05) is 0 Å². The maximum absolute atomic E-state index is 13.2. The van der Waals surface area contributed by atoms with Crippen molar-refractivity contribution in [2.24, 2.45) is 0 Å².